The van der Waals surface area contributed by atoms with Crippen molar-refractivity contribution in [2.45, 2.75) is 18.5 Å². The van der Waals surface area contributed by atoms with Gasteiger partial charge in [-0.2, -0.15) is 0 Å². The van der Waals surface area contributed by atoms with Gasteiger partial charge in [0, 0.05) is 25.8 Å². The molecule has 1 saturated carbocycles. The lowest BCUT2D eigenvalue weighted by molar-refractivity contribution is 0.118. The average molecular weight is 228 g/mol. The number of rotatable bonds is 4. The molecule has 0 unspecified atom stereocenters. The molecule has 2 bridgehead atoms. The van der Waals surface area contributed by atoms with E-state index in [9.17, 15) is 0 Å². The molecule has 2 heterocycles. The van der Waals surface area contributed by atoms with Crippen LogP contribution in [0.1, 0.15) is 12.8 Å². The van der Waals surface area contributed by atoms with E-state index >= 15 is 0 Å². The molecule has 0 atom stereocenters. The van der Waals surface area contributed by atoms with Crippen molar-refractivity contribution in [3.05, 3.63) is 43.0 Å². The maximum atomic E-state index is 3.88. The van der Waals surface area contributed by atoms with Crippen molar-refractivity contribution in [1.82, 2.24) is 4.90 Å². The van der Waals surface area contributed by atoms with Crippen molar-refractivity contribution in [3.8, 4) is 0 Å². The Bertz CT molecular complexity index is 406. The van der Waals surface area contributed by atoms with Gasteiger partial charge in [0.2, 0.25) is 0 Å². The van der Waals surface area contributed by atoms with Gasteiger partial charge in [0.15, 0.2) is 0 Å². The third-order valence-electron chi connectivity index (χ3n) is 4.42. The molecule has 0 radical (unpaired) electrons. The van der Waals surface area contributed by atoms with Crippen LogP contribution in [0.25, 0.3) is 0 Å². The van der Waals surface area contributed by atoms with E-state index in [-0.39, 0.29) is 5.66 Å². The Morgan fingerprint density at radius 1 is 1.41 bits per heavy atom. The highest BCUT2D eigenvalue weighted by Gasteiger charge is 2.57. The Kier molecular flexibility index (Phi) is 2.48. The topological polar surface area (TPSA) is 6.48 Å². The number of para-hydroxylation sites is 1. The van der Waals surface area contributed by atoms with Crippen LogP contribution in [-0.4, -0.2) is 30.7 Å². The van der Waals surface area contributed by atoms with Gasteiger partial charge in [0.25, 0.3) is 0 Å². The van der Waals surface area contributed by atoms with Gasteiger partial charge in [0.1, 0.15) is 0 Å². The molecule has 17 heavy (non-hydrogen) atoms. The Morgan fingerprint density at radius 2 is 2.12 bits per heavy atom. The van der Waals surface area contributed by atoms with Gasteiger partial charge < -0.3 is 4.90 Å². The van der Waals surface area contributed by atoms with Crippen molar-refractivity contribution in [2.24, 2.45) is 5.92 Å². The number of hydrogen-bond donors (Lipinski definition) is 0. The molecular formula is C15H20N2. The first kappa shape index (κ1) is 10.8. The Morgan fingerprint density at radius 3 is 2.76 bits per heavy atom. The van der Waals surface area contributed by atoms with Crippen LogP contribution in [-0.2, 0) is 0 Å². The third kappa shape index (κ3) is 1.51. The van der Waals surface area contributed by atoms with Crippen LogP contribution in [0.5, 0.6) is 0 Å². The molecule has 2 nitrogen and oxygen atoms in total. The molecule has 1 aliphatic carbocycles. The predicted molar refractivity (Wildman–Crippen MR) is 72.1 cm³/mol. The van der Waals surface area contributed by atoms with E-state index in [4.69, 9.17) is 0 Å². The first-order chi connectivity index (χ1) is 8.26. The molecule has 4 rings (SSSR count). The molecule has 2 heteroatoms. The van der Waals surface area contributed by atoms with Gasteiger partial charge in [-0.25, -0.2) is 0 Å². The summed E-state index contributed by atoms with van der Waals surface area (Å²) < 4.78 is 0. The van der Waals surface area contributed by atoms with Gasteiger partial charge >= 0.3 is 0 Å². The summed E-state index contributed by atoms with van der Waals surface area (Å²) in [4.78, 5) is 5.04. The summed E-state index contributed by atoms with van der Waals surface area (Å²) in [5, 5.41) is 0. The first-order valence-electron chi connectivity index (χ1n) is 6.41. The maximum Gasteiger partial charge on any atom is 0.0939 e. The molecule has 1 aromatic rings. The molecule has 2 aliphatic heterocycles. The third-order valence-corrected chi connectivity index (χ3v) is 4.42. The Hall–Kier alpha value is -1.28. The van der Waals surface area contributed by atoms with Crippen molar-refractivity contribution in [2.75, 3.05) is 25.0 Å². The zero-order chi connectivity index (χ0) is 11.9. The smallest absolute Gasteiger partial charge is 0.0939 e. The minimum absolute atomic E-state index is 0.264. The van der Waals surface area contributed by atoms with Crippen LogP contribution < -0.4 is 4.90 Å². The number of benzene rings is 1. The minimum Gasteiger partial charge on any atom is -0.356 e. The Labute approximate surface area is 104 Å². The van der Waals surface area contributed by atoms with Crippen LogP contribution in [0.15, 0.2) is 43.0 Å². The zero-order valence-corrected chi connectivity index (χ0v) is 10.5. The van der Waals surface area contributed by atoms with Crippen LogP contribution >= 0.6 is 0 Å². The minimum atomic E-state index is 0.264. The highest BCUT2D eigenvalue weighted by molar-refractivity contribution is 5.49. The van der Waals surface area contributed by atoms with Gasteiger partial charge in [-0.3, -0.25) is 4.90 Å². The van der Waals surface area contributed by atoms with Gasteiger partial charge in [-0.1, -0.05) is 24.3 Å². The molecule has 90 valence electrons. The van der Waals surface area contributed by atoms with Crippen LogP contribution in [0, 0.1) is 5.92 Å². The second kappa shape index (κ2) is 3.88. The summed E-state index contributed by atoms with van der Waals surface area (Å²) in [5.74, 6) is 0.904. The summed E-state index contributed by atoms with van der Waals surface area (Å²) in [6.45, 7) is 6.13. The van der Waals surface area contributed by atoms with Gasteiger partial charge in [-0.05, 0) is 30.9 Å². The fraction of sp³-hybridized carbons (Fsp3) is 0.467. The summed E-state index contributed by atoms with van der Waals surface area (Å²) in [7, 11) is 2.23. The second-order valence-corrected chi connectivity index (χ2v) is 5.34. The number of fused-ring (bicyclic) bond motifs is 1. The van der Waals surface area contributed by atoms with Crippen molar-refractivity contribution < 1.29 is 0 Å². The predicted octanol–water partition coefficient (Wildman–Crippen LogP) is 2.73. The summed E-state index contributed by atoms with van der Waals surface area (Å²) >= 11 is 0. The molecule has 0 spiro atoms. The van der Waals surface area contributed by atoms with Crippen LogP contribution in [0.2, 0.25) is 0 Å². The van der Waals surface area contributed by atoms with Crippen LogP contribution in [0.3, 0.4) is 0 Å². The highest BCUT2D eigenvalue weighted by atomic mass is 15.4. The molecular weight excluding hydrogens is 208 g/mol. The second-order valence-electron chi connectivity index (χ2n) is 5.34. The zero-order valence-electron chi connectivity index (χ0n) is 10.5. The first-order valence-corrected chi connectivity index (χ1v) is 6.41. The maximum absolute atomic E-state index is 3.88. The average Bonchev–Trinajstić information content (AvgIpc) is 2.84. The van der Waals surface area contributed by atoms with Crippen LogP contribution in [0.4, 0.5) is 5.69 Å². The summed E-state index contributed by atoms with van der Waals surface area (Å²) in [6, 6.07) is 10.7. The van der Waals surface area contributed by atoms with Crippen molar-refractivity contribution >= 4 is 5.69 Å². The lowest BCUT2D eigenvalue weighted by Crippen LogP contribution is -2.58. The Balaban J connectivity index is 1.86. The van der Waals surface area contributed by atoms with E-state index in [1.807, 2.05) is 6.08 Å². The standard InChI is InChI=1S/C15H20N2/c1-3-9-17-12-13-10-15(17,11-13)16(2)14-7-5-4-6-8-14/h3-8,13H,1,9-12H2,2H3. The lowest BCUT2D eigenvalue weighted by atomic mass is 9.78. The summed E-state index contributed by atoms with van der Waals surface area (Å²) in [6.07, 6.45) is 4.65. The summed E-state index contributed by atoms with van der Waals surface area (Å²) in [5.41, 5.74) is 1.59. The fourth-order valence-electron chi connectivity index (χ4n) is 3.51. The van der Waals surface area contributed by atoms with E-state index in [1.54, 1.807) is 0 Å². The van der Waals surface area contributed by atoms with E-state index in [2.05, 4.69) is 53.8 Å². The number of anilines is 1. The van der Waals surface area contributed by atoms with Gasteiger partial charge in [0.05, 0.1) is 5.66 Å². The fourth-order valence-corrected chi connectivity index (χ4v) is 3.51. The molecule has 3 fully saturated rings. The van der Waals surface area contributed by atoms with Crippen molar-refractivity contribution in [3.63, 3.8) is 0 Å². The van der Waals surface area contributed by atoms with E-state index in [0.29, 0.717) is 0 Å². The molecule has 1 aromatic carbocycles. The largest absolute Gasteiger partial charge is 0.356 e. The SMILES string of the molecule is C=CCN1CC2CC1(N(C)c1ccccc1)C2. The van der Waals surface area contributed by atoms with Crippen molar-refractivity contribution in [1.29, 1.82) is 0 Å². The molecule has 0 N–H and O–H groups in total. The van der Waals surface area contributed by atoms with E-state index in [1.165, 1.54) is 25.1 Å². The molecule has 0 aromatic heterocycles. The lowest BCUT2D eigenvalue weighted by Gasteiger charge is -2.50. The molecule has 0 amide bonds. The van der Waals surface area contributed by atoms with E-state index in [0.717, 1.165) is 12.5 Å². The monoisotopic (exact) mass is 228 g/mol. The quantitative estimate of drug-likeness (QED) is 0.731. The highest BCUT2D eigenvalue weighted by Crippen LogP contribution is 2.52. The van der Waals surface area contributed by atoms with Gasteiger partial charge in [-0.15, -0.1) is 6.58 Å². The molecule has 2 saturated heterocycles. The number of hydrogen-bond acceptors (Lipinski definition) is 2. The van der Waals surface area contributed by atoms with E-state index < -0.39 is 0 Å². The number of nitrogens with zero attached hydrogens (tertiary/aromatic N) is 2. The molecule has 3 aliphatic rings. The normalized spacial score (nSPS) is 31.0.